The number of anilines is 1. The number of non-ortho nitro benzene ring substituents is 1. The zero-order chi connectivity index (χ0) is 12.8. The van der Waals surface area contributed by atoms with E-state index < -0.39 is 15.5 Å². The van der Waals surface area contributed by atoms with E-state index in [2.05, 4.69) is 16.4 Å². The van der Waals surface area contributed by atoms with E-state index in [1.165, 1.54) is 6.07 Å². The van der Waals surface area contributed by atoms with Crippen molar-refractivity contribution in [3.8, 4) is 12.3 Å². The van der Waals surface area contributed by atoms with E-state index in [1.54, 1.807) is 0 Å². The van der Waals surface area contributed by atoms with Crippen LogP contribution in [0.2, 0.25) is 0 Å². The van der Waals surface area contributed by atoms with Gasteiger partial charge >= 0.3 is 5.69 Å². The highest BCUT2D eigenvalue weighted by molar-refractivity contribution is 5.78. The van der Waals surface area contributed by atoms with Crippen LogP contribution in [0.5, 0.6) is 0 Å². The van der Waals surface area contributed by atoms with Gasteiger partial charge in [-0.1, -0.05) is 5.92 Å². The van der Waals surface area contributed by atoms with Crippen molar-refractivity contribution in [2.75, 3.05) is 5.43 Å². The molecule has 0 aliphatic rings. The third-order valence-corrected chi connectivity index (χ3v) is 1.71. The number of hydrogen-bond acceptors (Lipinski definition) is 6. The summed E-state index contributed by atoms with van der Waals surface area (Å²) in [5.74, 6) is 2.08. The number of nitro groups is 2. The molecule has 0 aliphatic heterocycles. The van der Waals surface area contributed by atoms with Crippen molar-refractivity contribution in [3.63, 3.8) is 0 Å². The lowest BCUT2D eigenvalue weighted by Gasteiger charge is -2.00. The minimum atomic E-state index is -0.749. The highest BCUT2D eigenvalue weighted by Crippen LogP contribution is 2.28. The molecular weight excluding hydrogens is 228 g/mol. The van der Waals surface area contributed by atoms with E-state index in [0.717, 1.165) is 18.3 Å². The molecule has 1 N–H and O–H groups in total. The van der Waals surface area contributed by atoms with Crippen LogP contribution in [-0.4, -0.2) is 16.1 Å². The van der Waals surface area contributed by atoms with E-state index in [1.807, 2.05) is 0 Å². The second-order valence-electron chi connectivity index (χ2n) is 2.75. The molecule has 86 valence electrons. The fraction of sp³-hybridized carbons (Fsp3) is 0. The molecule has 0 fully saturated rings. The van der Waals surface area contributed by atoms with Crippen LogP contribution in [0.15, 0.2) is 23.3 Å². The first-order valence-electron chi connectivity index (χ1n) is 4.22. The van der Waals surface area contributed by atoms with E-state index in [0.29, 0.717) is 0 Å². The van der Waals surface area contributed by atoms with Crippen LogP contribution in [0.4, 0.5) is 17.1 Å². The van der Waals surface area contributed by atoms with Gasteiger partial charge in [-0.15, -0.1) is 6.42 Å². The van der Waals surface area contributed by atoms with Gasteiger partial charge in [0.15, 0.2) is 0 Å². The molecule has 0 spiro atoms. The van der Waals surface area contributed by atoms with Gasteiger partial charge in [0.25, 0.3) is 5.69 Å². The average Bonchev–Trinajstić information content (AvgIpc) is 2.29. The monoisotopic (exact) mass is 234 g/mol. The summed E-state index contributed by atoms with van der Waals surface area (Å²) in [7, 11) is 0. The van der Waals surface area contributed by atoms with Gasteiger partial charge in [-0.25, -0.2) is 0 Å². The Bertz CT molecular complexity index is 532. The molecule has 1 aromatic carbocycles. The van der Waals surface area contributed by atoms with Crippen molar-refractivity contribution in [1.29, 1.82) is 0 Å². The summed E-state index contributed by atoms with van der Waals surface area (Å²) in [4.78, 5) is 19.7. The SMILES string of the molecule is C#CC=NNc1ccc([N+](=O)[O-])cc1[N+](=O)[O-]. The van der Waals surface area contributed by atoms with Gasteiger partial charge < -0.3 is 0 Å². The lowest BCUT2D eigenvalue weighted by Crippen LogP contribution is -1.98. The van der Waals surface area contributed by atoms with E-state index >= 15 is 0 Å². The predicted molar refractivity (Wildman–Crippen MR) is 60.7 cm³/mol. The van der Waals surface area contributed by atoms with Crippen molar-refractivity contribution in [2.45, 2.75) is 0 Å². The molecule has 0 saturated carbocycles. The molecule has 0 aliphatic carbocycles. The van der Waals surface area contributed by atoms with Crippen LogP contribution >= 0.6 is 0 Å². The van der Waals surface area contributed by atoms with Gasteiger partial charge in [0, 0.05) is 6.07 Å². The molecule has 8 nitrogen and oxygen atoms in total. The zero-order valence-corrected chi connectivity index (χ0v) is 8.36. The highest BCUT2D eigenvalue weighted by Gasteiger charge is 2.18. The normalized spacial score (nSPS) is 9.82. The van der Waals surface area contributed by atoms with Gasteiger partial charge in [-0.05, 0) is 6.07 Å². The summed E-state index contributed by atoms with van der Waals surface area (Å²) in [5, 5.41) is 24.6. The molecule has 0 saturated heterocycles. The third kappa shape index (κ3) is 3.00. The Labute approximate surface area is 95.2 Å². The lowest BCUT2D eigenvalue weighted by atomic mass is 10.2. The Morgan fingerprint density at radius 1 is 1.35 bits per heavy atom. The average molecular weight is 234 g/mol. The number of nitrogens with zero attached hydrogens (tertiary/aromatic N) is 3. The quantitative estimate of drug-likeness (QED) is 0.367. The number of rotatable bonds is 4. The molecule has 8 heteroatoms. The van der Waals surface area contributed by atoms with Crippen LogP contribution in [-0.2, 0) is 0 Å². The van der Waals surface area contributed by atoms with Gasteiger partial charge in [-0.2, -0.15) is 5.10 Å². The molecular formula is C9H6N4O4. The molecule has 0 unspecified atom stereocenters. The smallest absolute Gasteiger partial charge is 0.271 e. The molecule has 0 amide bonds. The number of nitro benzene ring substituents is 2. The summed E-state index contributed by atoms with van der Waals surface area (Å²) in [6.45, 7) is 0. The van der Waals surface area contributed by atoms with Crippen LogP contribution in [0.3, 0.4) is 0 Å². The highest BCUT2D eigenvalue weighted by atomic mass is 16.6. The molecule has 0 bridgehead atoms. The Kier molecular flexibility index (Phi) is 3.72. The summed E-state index contributed by atoms with van der Waals surface area (Å²) in [5.41, 5.74) is 1.52. The zero-order valence-electron chi connectivity index (χ0n) is 8.36. The van der Waals surface area contributed by atoms with Crippen molar-refractivity contribution in [1.82, 2.24) is 0 Å². The van der Waals surface area contributed by atoms with Crippen LogP contribution in [0.25, 0.3) is 0 Å². The molecule has 1 rings (SSSR count). The Morgan fingerprint density at radius 3 is 2.59 bits per heavy atom. The van der Waals surface area contributed by atoms with Gasteiger partial charge in [0.1, 0.15) is 5.69 Å². The largest absolute Gasteiger partial charge is 0.301 e. The minimum Gasteiger partial charge on any atom is -0.271 e. The summed E-state index contributed by atoms with van der Waals surface area (Å²) >= 11 is 0. The van der Waals surface area contributed by atoms with Gasteiger partial charge in [-0.3, -0.25) is 25.7 Å². The van der Waals surface area contributed by atoms with Crippen molar-refractivity contribution >= 4 is 23.3 Å². The molecule has 17 heavy (non-hydrogen) atoms. The second-order valence-corrected chi connectivity index (χ2v) is 2.75. The predicted octanol–water partition coefficient (Wildman–Crippen LogP) is 1.53. The maximum absolute atomic E-state index is 10.7. The first kappa shape index (κ1) is 12.1. The molecule has 0 aromatic heterocycles. The number of hydrogen-bond donors (Lipinski definition) is 1. The Balaban J connectivity index is 3.14. The second kappa shape index (κ2) is 5.22. The number of hydrazone groups is 1. The minimum absolute atomic E-state index is 0.0205. The summed E-state index contributed by atoms with van der Waals surface area (Å²) in [6, 6.07) is 3.15. The number of nitrogens with one attached hydrogen (secondary N) is 1. The van der Waals surface area contributed by atoms with E-state index in [9.17, 15) is 20.2 Å². The molecule has 0 radical (unpaired) electrons. The van der Waals surface area contributed by atoms with Crippen LogP contribution in [0.1, 0.15) is 0 Å². The number of terminal acetylenes is 1. The van der Waals surface area contributed by atoms with E-state index in [4.69, 9.17) is 6.42 Å². The molecule has 1 aromatic rings. The van der Waals surface area contributed by atoms with Gasteiger partial charge in [0.2, 0.25) is 0 Å². The van der Waals surface area contributed by atoms with Crippen molar-refractivity contribution in [3.05, 3.63) is 38.4 Å². The Hall–Kier alpha value is -2.95. The fourth-order valence-corrected chi connectivity index (χ4v) is 1.02. The lowest BCUT2D eigenvalue weighted by molar-refractivity contribution is -0.393. The van der Waals surface area contributed by atoms with Crippen molar-refractivity contribution in [2.24, 2.45) is 5.10 Å². The first-order valence-corrected chi connectivity index (χ1v) is 4.22. The standard InChI is InChI=1S/C9H6N4O4/c1-2-5-10-11-8-4-3-7(12(14)15)6-9(8)13(16)17/h1,3-6,11H. The summed E-state index contributed by atoms with van der Waals surface area (Å²) in [6.07, 6.45) is 5.95. The maximum Gasteiger partial charge on any atom is 0.301 e. The van der Waals surface area contributed by atoms with Crippen LogP contribution in [0, 0.1) is 32.6 Å². The van der Waals surface area contributed by atoms with Crippen LogP contribution < -0.4 is 5.43 Å². The number of benzene rings is 1. The summed E-state index contributed by atoms with van der Waals surface area (Å²) < 4.78 is 0. The maximum atomic E-state index is 10.7. The third-order valence-electron chi connectivity index (χ3n) is 1.71. The van der Waals surface area contributed by atoms with E-state index in [-0.39, 0.29) is 11.4 Å². The first-order chi connectivity index (χ1) is 8.06. The topological polar surface area (TPSA) is 111 Å². The van der Waals surface area contributed by atoms with Gasteiger partial charge in [0.05, 0.1) is 22.1 Å². The fourth-order valence-electron chi connectivity index (χ4n) is 1.02. The molecule has 0 heterocycles. The molecule has 0 atom stereocenters. The van der Waals surface area contributed by atoms with Crippen molar-refractivity contribution < 1.29 is 9.85 Å². The Morgan fingerprint density at radius 2 is 2.06 bits per heavy atom.